The van der Waals surface area contributed by atoms with Gasteiger partial charge in [0.05, 0.1) is 0 Å². The Hall–Kier alpha value is -2.64. The van der Waals surface area contributed by atoms with Gasteiger partial charge in [-0.3, -0.25) is 19.2 Å². The number of rotatable bonds is 6. The predicted molar refractivity (Wildman–Crippen MR) is 67.8 cm³/mol. The molecule has 2 N–H and O–H groups in total. The quantitative estimate of drug-likeness (QED) is 0.291. The number of hydrogen-bond donors (Lipinski definition) is 2. The molecule has 0 rings (SSSR count). The number of hydrogen-bond acceptors (Lipinski definition) is 6. The SMILES string of the molecule is C=CC(NC(=O)C(=O)NC(C=C)OC(C)=O)OC(C)=O. The number of nitrogens with one attached hydrogen (secondary N) is 2. The Bertz CT molecular complexity index is 392. The normalized spacial score (nSPS) is 12.3. The van der Waals surface area contributed by atoms with E-state index in [0.717, 1.165) is 26.0 Å². The van der Waals surface area contributed by atoms with Gasteiger partial charge in [0, 0.05) is 13.8 Å². The summed E-state index contributed by atoms with van der Waals surface area (Å²) < 4.78 is 9.28. The van der Waals surface area contributed by atoms with Crippen molar-refractivity contribution in [2.45, 2.75) is 26.3 Å². The molecule has 0 spiro atoms. The lowest BCUT2D eigenvalue weighted by Gasteiger charge is -2.16. The largest absolute Gasteiger partial charge is 0.438 e. The summed E-state index contributed by atoms with van der Waals surface area (Å²) in [5.74, 6) is -3.48. The second kappa shape index (κ2) is 8.46. The molecule has 0 aliphatic rings. The van der Waals surface area contributed by atoms with Crippen molar-refractivity contribution in [3.63, 3.8) is 0 Å². The van der Waals surface area contributed by atoms with Gasteiger partial charge in [0.25, 0.3) is 0 Å². The Balaban J connectivity index is 4.49. The molecule has 0 aliphatic carbocycles. The molecule has 2 unspecified atom stereocenters. The Morgan fingerprint density at radius 2 is 1.15 bits per heavy atom. The van der Waals surface area contributed by atoms with Crippen LogP contribution in [0.1, 0.15) is 13.8 Å². The number of amides is 2. The van der Waals surface area contributed by atoms with Crippen molar-refractivity contribution < 1.29 is 28.7 Å². The minimum atomic E-state index is -1.14. The predicted octanol–water partition coefficient (Wildman–Crippen LogP) is -0.631. The van der Waals surface area contributed by atoms with Crippen molar-refractivity contribution in [2.75, 3.05) is 0 Å². The molecule has 0 fully saturated rings. The Kier molecular flexibility index (Phi) is 7.34. The van der Waals surface area contributed by atoms with Crippen LogP contribution in [0.4, 0.5) is 0 Å². The summed E-state index contributed by atoms with van der Waals surface area (Å²) in [5.41, 5.74) is 0. The van der Waals surface area contributed by atoms with Crippen LogP contribution in [0.2, 0.25) is 0 Å². The van der Waals surface area contributed by atoms with Crippen molar-refractivity contribution in [3.8, 4) is 0 Å². The maximum Gasteiger partial charge on any atom is 0.312 e. The van der Waals surface area contributed by atoms with E-state index in [1.807, 2.05) is 0 Å². The molecule has 20 heavy (non-hydrogen) atoms. The van der Waals surface area contributed by atoms with Crippen molar-refractivity contribution in [2.24, 2.45) is 0 Å². The Labute approximate surface area is 115 Å². The van der Waals surface area contributed by atoms with Gasteiger partial charge in [0.15, 0.2) is 12.5 Å². The fourth-order valence-electron chi connectivity index (χ4n) is 1.02. The first-order valence-electron chi connectivity index (χ1n) is 5.51. The summed E-state index contributed by atoms with van der Waals surface area (Å²) in [6.45, 7) is 8.94. The van der Waals surface area contributed by atoms with Gasteiger partial charge in [0.2, 0.25) is 0 Å². The first kappa shape index (κ1) is 17.4. The summed E-state index contributed by atoms with van der Waals surface area (Å²) in [5, 5.41) is 4.19. The molecular formula is C12H16N2O6. The molecule has 0 radical (unpaired) electrons. The van der Waals surface area contributed by atoms with Gasteiger partial charge in [-0.1, -0.05) is 13.2 Å². The van der Waals surface area contributed by atoms with Crippen molar-refractivity contribution in [1.82, 2.24) is 10.6 Å². The van der Waals surface area contributed by atoms with Crippen LogP contribution in [0.3, 0.4) is 0 Å². The molecule has 0 aromatic rings. The van der Waals surface area contributed by atoms with Gasteiger partial charge >= 0.3 is 23.8 Å². The van der Waals surface area contributed by atoms with Crippen LogP contribution in [0.5, 0.6) is 0 Å². The molecule has 2 amide bonds. The highest BCUT2D eigenvalue weighted by atomic mass is 16.6. The summed E-state index contributed by atoms with van der Waals surface area (Å²) in [6, 6.07) is 0. The number of carbonyl (C=O) groups excluding carboxylic acids is 4. The van der Waals surface area contributed by atoms with Crippen LogP contribution in [0.15, 0.2) is 25.3 Å². The van der Waals surface area contributed by atoms with Crippen molar-refractivity contribution in [3.05, 3.63) is 25.3 Å². The molecule has 0 aliphatic heterocycles. The summed E-state index contributed by atoms with van der Waals surface area (Å²) in [6.07, 6.45) is -0.0175. The van der Waals surface area contributed by atoms with E-state index in [0.29, 0.717) is 0 Å². The average Bonchev–Trinajstić information content (AvgIpc) is 2.35. The van der Waals surface area contributed by atoms with E-state index in [2.05, 4.69) is 33.3 Å². The minimum absolute atomic E-state index is 0.653. The van der Waals surface area contributed by atoms with E-state index in [1.54, 1.807) is 0 Å². The lowest BCUT2D eigenvalue weighted by molar-refractivity contribution is -0.153. The zero-order valence-corrected chi connectivity index (χ0v) is 11.2. The second-order valence-corrected chi connectivity index (χ2v) is 3.48. The summed E-state index contributed by atoms with van der Waals surface area (Å²) in [7, 11) is 0. The molecule has 0 saturated carbocycles. The monoisotopic (exact) mass is 284 g/mol. The van der Waals surface area contributed by atoms with Gasteiger partial charge in [-0.15, -0.1) is 0 Å². The maximum atomic E-state index is 11.5. The third kappa shape index (κ3) is 6.94. The molecule has 2 atom stereocenters. The second-order valence-electron chi connectivity index (χ2n) is 3.48. The van der Waals surface area contributed by atoms with Gasteiger partial charge in [-0.05, 0) is 12.2 Å². The van der Waals surface area contributed by atoms with Crippen LogP contribution < -0.4 is 10.6 Å². The van der Waals surface area contributed by atoms with Crippen LogP contribution in [0.25, 0.3) is 0 Å². The van der Waals surface area contributed by atoms with Gasteiger partial charge in [0.1, 0.15) is 0 Å². The van der Waals surface area contributed by atoms with Crippen molar-refractivity contribution in [1.29, 1.82) is 0 Å². The molecule has 0 aromatic heterocycles. The lowest BCUT2D eigenvalue weighted by Crippen LogP contribution is -2.48. The highest BCUT2D eigenvalue weighted by Gasteiger charge is 2.21. The van der Waals surface area contributed by atoms with Crippen LogP contribution in [0, 0.1) is 0 Å². The zero-order chi connectivity index (χ0) is 15.7. The van der Waals surface area contributed by atoms with Crippen LogP contribution >= 0.6 is 0 Å². The third-order valence-corrected chi connectivity index (χ3v) is 1.77. The van der Waals surface area contributed by atoms with Gasteiger partial charge < -0.3 is 20.1 Å². The lowest BCUT2D eigenvalue weighted by atomic mass is 10.4. The van der Waals surface area contributed by atoms with E-state index < -0.39 is 36.2 Å². The molecule has 8 heteroatoms. The summed E-state index contributed by atoms with van der Waals surface area (Å²) in [4.78, 5) is 44.4. The van der Waals surface area contributed by atoms with E-state index in [1.165, 1.54) is 0 Å². The fourth-order valence-corrected chi connectivity index (χ4v) is 1.02. The number of carbonyl (C=O) groups is 4. The first-order chi connectivity index (χ1) is 9.29. The third-order valence-electron chi connectivity index (χ3n) is 1.77. The van der Waals surface area contributed by atoms with E-state index in [-0.39, 0.29) is 0 Å². The molecule has 8 nitrogen and oxygen atoms in total. The molecule has 0 saturated heterocycles. The van der Waals surface area contributed by atoms with Gasteiger partial charge in [-0.2, -0.15) is 0 Å². The molecule has 0 bridgehead atoms. The Morgan fingerprint density at radius 1 is 0.850 bits per heavy atom. The molecule has 0 heterocycles. The highest BCUT2D eigenvalue weighted by Crippen LogP contribution is 1.92. The van der Waals surface area contributed by atoms with E-state index >= 15 is 0 Å². The highest BCUT2D eigenvalue weighted by molar-refractivity contribution is 6.35. The molecular weight excluding hydrogens is 268 g/mol. The zero-order valence-electron chi connectivity index (χ0n) is 11.2. The minimum Gasteiger partial charge on any atom is -0.438 e. The van der Waals surface area contributed by atoms with Crippen LogP contribution in [-0.4, -0.2) is 36.2 Å². The number of esters is 2. The van der Waals surface area contributed by atoms with E-state index in [9.17, 15) is 19.2 Å². The first-order valence-corrected chi connectivity index (χ1v) is 5.51. The molecule has 0 aromatic carbocycles. The van der Waals surface area contributed by atoms with Gasteiger partial charge in [-0.25, -0.2) is 0 Å². The number of ether oxygens (including phenoxy) is 2. The smallest absolute Gasteiger partial charge is 0.312 e. The van der Waals surface area contributed by atoms with E-state index in [4.69, 9.17) is 0 Å². The topological polar surface area (TPSA) is 111 Å². The van der Waals surface area contributed by atoms with Crippen LogP contribution in [-0.2, 0) is 28.7 Å². The average molecular weight is 284 g/mol. The summed E-state index contributed by atoms with van der Waals surface area (Å²) >= 11 is 0. The standard InChI is InChI=1S/C12H16N2O6/c1-5-9(19-7(3)15)13-11(17)12(18)14-10(6-2)20-8(4)16/h5-6,9-10H,1-2H2,3-4H3,(H,13,17)(H,14,18). The Morgan fingerprint density at radius 3 is 1.35 bits per heavy atom. The van der Waals surface area contributed by atoms with Crippen molar-refractivity contribution >= 4 is 23.8 Å². The fraction of sp³-hybridized carbons (Fsp3) is 0.333. The maximum absolute atomic E-state index is 11.5. The molecule has 110 valence electrons.